The number of fused-ring (bicyclic) bond motifs is 5. The number of allylic oxidation sites excluding steroid dienone is 5. The van der Waals surface area contributed by atoms with Crippen LogP contribution in [-0.4, -0.2) is 11.6 Å². The van der Waals surface area contributed by atoms with Crippen LogP contribution >= 0.6 is 0 Å². The van der Waals surface area contributed by atoms with Gasteiger partial charge in [0.15, 0.2) is 5.78 Å². The van der Waals surface area contributed by atoms with Gasteiger partial charge in [0.25, 0.3) is 0 Å². The number of hydrogen-bond acceptors (Lipinski definition) is 2. The van der Waals surface area contributed by atoms with E-state index in [4.69, 9.17) is 0 Å². The van der Waals surface area contributed by atoms with Crippen molar-refractivity contribution in [3.8, 4) is 0 Å². The monoisotopic (exact) mass is 382 g/mol. The van der Waals surface area contributed by atoms with Gasteiger partial charge in [0.1, 0.15) is 5.78 Å². The van der Waals surface area contributed by atoms with Gasteiger partial charge in [-0.1, -0.05) is 37.6 Å². The predicted molar refractivity (Wildman–Crippen MR) is 116 cm³/mol. The largest absolute Gasteiger partial charge is 0.300 e. The molecule has 0 N–H and O–H groups in total. The quantitative estimate of drug-likeness (QED) is 0.487. The first kappa shape index (κ1) is 21.3. The molecule has 0 aromatic heterocycles. The molecule has 0 aromatic carbocycles. The topological polar surface area (TPSA) is 34.1 Å². The van der Waals surface area contributed by atoms with E-state index in [0.717, 1.165) is 24.7 Å². The molecule has 5 unspecified atom stereocenters. The molecule has 2 heteroatoms. The number of rotatable bonds is 1. The molecule has 0 aliphatic heterocycles. The van der Waals surface area contributed by atoms with E-state index in [1.54, 1.807) is 0 Å². The minimum atomic E-state index is 0.167. The maximum absolute atomic E-state index is 12.0. The molecular weight excluding hydrogens is 344 g/mol. The maximum atomic E-state index is 12.0. The lowest BCUT2D eigenvalue weighted by molar-refractivity contribution is -0.117. The molecule has 2 saturated carbocycles. The standard InChI is InChI=1S/C23H32O.C3H6O/c1-14(2)18-6-7-19-17-12-15(3)21-13-16(24)8-10-23(21,5)20(17)9-11-22(18,19)4;1-3(2)4/h12-13,17-20H,1,6-11H2,2-5H3;1-2H3/t17?,18?,19?,20?,22?,23-;/m1./s1. The second kappa shape index (κ2) is 7.43. The van der Waals surface area contributed by atoms with E-state index >= 15 is 0 Å². The van der Waals surface area contributed by atoms with Gasteiger partial charge in [-0.15, -0.1) is 0 Å². The molecule has 28 heavy (non-hydrogen) atoms. The van der Waals surface area contributed by atoms with Gasteiger partial charge in [-0.3, -0.25) is 4.79 Å². The molecule has 0 saturated heterocycles. The summed E-state index contributed by atoms with van der Waals surface area (Å²) in [6, 6.07) is 0. The minimum Gasteiger partial charge on any atom is -0.300 e. The minimum absolute atomic E-state index is 0.167. The van der Waals surface area contributed by atoms with Gasteiger partial charge in [0.2, 0.25) is 0 Å². The van der Waals surface area contributed by atoms with E-state index < -0.39 is 0 Å². The van der Waals surface area contributed by atoms with E-state index in [9.17, 15) is 9.59 Å². The molecule has 0 heterocycles. The molecule has 4 rings (SSSR count). The molecule has 0 bridgehead atoms. The summed E-state index contributed by atoms with van der Waals surface area (Å²) in [4.78, 5) is 21.4. The highest BCUT2D eigenvalue weighted by atomic mass is 16.1. The van der Waals surface area contributed by atoms with E-state index in [2.05, 4.69) is 40.3 Å². The van der Waals surface area contributed by atoms with Crippen molar-refractivity contribution in [1.29, 1.82) is 0 Å². The van der Waals surface area contributed by atoms with Crippen molar-refractivity contribution in [3.63, 3.8) is 0 Å². The van der Waals surface area contributed by atoms with Crippen LogP contribution in [0, 0.1) is 34.5 Å². The highest BCUT2D eigenvalue weighted by molar-refractivity contribution is 5.92. The Labute approximate surface area is 171 Å². The molecular formula is C26H38O2. The lowest BCUT2D eigenvalue weighted by Crippen LogP contribution is -2.49. The average Bonchev–Trinajstić information content (AvgIpc) is 2.94. The lowest BCUT2D eigenvalue weighted by Gasteiger charge is -2.57. The van der Waals surface area contributed by atoms with Crippen LogP contribution in [-0.2, 0) is 9.59 Å². The Kier molecular flexibility index (Phi) is 5.64. The Balaban J connectivity index is 0.000000516. The fraction of sp³-hybridized carbons (Fsp3) is 0.692. The highest BCUT2D eigenvalue weighted by Crippen LogP contribution is 2.66. The van der Waals surface area contributed by atoms with Crippen LogP contribution in [0.25, 0.3) is 0 Å². The van der Waals surface area contributed by atoms with Crippen LogP contribution in [0.4, 0.5) is 0 Å². The third-order valence-electron chi connectivity index (χ3n) is 8.42. The van der Waals surface area contributed by atoms with Crippen molar-refractivity contribution in [2.24, 2.45) is 34.5 Å². The fourth-order valence-electron chi connectivity index (χ4n) is 7.22. The summed E-state index contributed by atoms with van der Waals surface area (Å²) in [6.07, 6.45) is 11.7. The van der Waals surface area contributed by atoms with Crippen LogP contribution in [0.5, 0.6) is 0 Å². The first-order valence-corrected chi connectivity index (χ1v) is 11.1. The van der Waals surface area contributed by atoms with Crippen LogP contribution in [0.1, 0.15) is 80.1 Å². The molecule has 2 nitrogen and oxygen atoms in total. The lowest BCUT2D eigenvalue weighted by atomic mass is 9.47. The highest BCUT2D eigenvalue weighted by Gasteiger charge is 2.58. The Morgan fingerprint density at radius 1 is 1.07 bits per heavy atom. The molecule has 4 aliphatic carbocycles. The summed E-state index contributed by atoms with van der Waals surface area (Å²) in [5.74, 6) is 3.42. The normalized spacial score (nSPS) is 41.4. The second-order valence-electron chi connectivity index (χ2n) is 10.5. The molecule has 2 fully saturated rings. The zero-order valence-electron chi connectivity index (χ0n) is 18.7. The van der Waals surface area contributed by atoms with Crippen molar-refractivity contribution in [2.75, 3.05) is 0 Å². The molecule has 0 radical (unpaired) electrons. The molecule has 0 amide bonds. The Morgan fingerprint density at radius 3 is 2.32 bits per heavy atom. The summed E-state index contributed by atoms with van der Waals surface area (Å²) < 4.78 is 0. The number of carbonyl (C=O) groups excluding carboxylic acids is 2. The van der Waals surface area contributed by atoms with Gasteiger partial charge in [0.05, 0.1) is 0 Å². The van der Waals surface area contributed by atoms with Gasteiger partial charge in [-0.05, 0) is 106 Å². The molecule has 0 spiro atoms. The fourth-order valence-corrected chi connectivity index (χ4v) is 7.22. The number of hydrogen-bond donors (Lipinski definition) is 0. The summed E-state index contributed by atoms with van der Waals surface area (Å²) in [5.41, 5.74) is 4.80. The summed E-state index contributed by atoms with van der Waals surface area (Å²) in [7, 11) is 0. The van der Waals surface area contributed by atoms with Gasteiger partial charge in [0, 0.05) is 6.42 Å². The van der Waals surface area contributed by atoms with Crippen molar-refractivity contribution in [3.05, 3.63) is 35.5 Å². The van der Waals surface area contributed by atoms with Crippen LogP contribution < -0.4 is 0 Å². The number of carbonyl (C=O) groups is 2. The summed E-state index contributed by atoms with van der Waals surface area (Å²) in [6.45, 7) is 16.9. The van der Waals surface area contributed by atoms with Crippen molar-refractivity contribution in [2.45, 2.75) is 80.1 Å². The predicted octanol–water partition coefficient (Wildman–Crippen LogP) is 6.47. The van der Waals surface area contributed by atoms with Crippen LogP contribution in [0.15, 0.2) is 35.5 Å². The van der Waals surface area contributed by atoms with Gasteiger partial charge >= 0.3 is 0 Å². The van der Waals surface area contributed by atoms with Crippen molar-refractivity contribution >= 4 is 11.6 Å². The number of Topliss-reactive ketones (excluding diaryl/α,β-unsaturated/α-hetero) is 1. The third-order valence-corrected chi connectivity index (χ3v) is 8.42. The Hall–Kier alpha value is -1.44. The van der Waals surface area contributed by atoms with E-state index in [1.807, 2.05) is 6.08 Å². The van der Waals surface area contributed by atoms with Gasteiger partial charge < -0.3 is 4.79 Å². The van der Waals surface area contributed by atoms with Crippen molar-refractivity contribution in [1.82, 2.24) is 0 Å². The maximum Gasteiger partial charge on any atom is 0.156 e. The van der Waals surface area contributed by atoms with Crippen LogP contribution in [0.2, 0.25) is 0 Å². The zero-order valence-corrected chi connectivity index (χ0v) is 18.7. The zero-order chi connectivity index (χ0) is 20.9. The second-order valence-corrected chi connectivity index (χ2v) is 10.5. The Bertz CT molecular complexity index is 750. The molecule has 154 valence electrons. The van der Waals surface area contributed by atoms with Gasteiger partial charge in [-0.25, -0.2) is 0 Å². The van der Waals surface area contributed by atoms with E-state index in [0.29, 0.717) is 23.0 Å². The third kappa shape index (κ3) is 3.37. The molecule has 6 atom stereocenters. The summed E-state index contributed by atoms with van der Waals surface area (Å²) in [5, 5.41) is 0. The smallest absolute Gasteiger partial charge is 0.156 e. The van der Waals surface area contributed by atoms with Crippen molar-refractivity contribution < 1.29 is 9.59 Å². The van der Waals surface area contributed by atoms with E-state index in [1.165, 1.54) is 56.3 Å². The number of ketones is 2. The summed E-state index contributed by atoms with van der Waals surface area (Å²) >= 11 is 0. The van der Waals surface area contributed by atoms with E-state index in [-0.39, 0.29) is 11.2 Å². The first-order valence-electron chi connectivity index (χ1n) is 11.1. The Morgan fingerprint density at radius 2 is 1.71 bits per heavy atom. The molecule has 4 aliphatic rings. The molecule has 0 aromatic rings. The SMILES string of the molecule is C=C(C)C1CCC2C3C=C(C)C4=CC(=O)CC[C@]4(C)C3CCC12C.CC(C)=O. The average molecular weight is 383 g/mol. The first-order chi connectivity index (χ1) is 13.0. The van der Waals surface area contributed by atoms with Gasteiger partial charge in [-0.2, -0.15) is 0 Å². The van der Waals surface area contributed by atoms with Crippen LogP contribution in [0.3, 0.4) is 0 Å².